The molecule has 2 heteroatoms. The topological polar surface area (TPSA) is 26.3 Å². The maximum Gasteiger partial charge on any atom is 0.333 e. The van der Waals surface area contributed by atoms with E-state index in [2.05, 4.69) is 11.3 Å². The molecule has 0 saturated heterocycles. The van der Waals surface area contributed by atoms with Crippen LogP contribution < -0.4 is 0 Å². The molecule has 0 fully saturated rings. The second-order valence-corrected chi connectivity index (χ2v) is 1.77. The third-order valence-corrected chi connectivity index (χ3v) is 0.726. The summed E-state index contributed by atoms with van der Waals surface area (Å²) in [5.41, 5.74) is 0.407. The number of esters is 1. The normalized spacial score (nSPS) is 10.1. The van der Waals surface area contributed by atoms with Crippen LogP contribution in [-0.4, -0.2) is 12.6 Å². The van der Waals surface area contributed by atoms with E-state index in [0.717, 1.165) is 0 Å². The quantitative estimate of drug-likeness (QED) is 0.328. The average molecular weight is 129 g/mol. The van der Waals surface area contributed by atoms with Gasteiger partial charge < -0.3 is 4.74 Å². The van der Waals surface area contributed by atoms with Crippen molar-refractivity contribution in [3.63, 3.8) is 0 Å². The fraction of sp³-hybridized carbons (Fsp3) is 0.571. The fourth-order valence-corrected chi connectivity index (χ4v) is 0.288. The van der Waals surface area contributed by atoms with Gasteiger partial charge >= 0.3 is 5.97 Å². The molecule has 0 spiro atoms. The predicted molar refractivity (Wildman–Crippen MR) is 36.1 cm³/mol. The highest BCUT2D eigenvalue weighted by Gasteiger charge is 1.99. The van der Waals surface area contributed by atoms with Crippen molar-refractivity contribution in [2.24, 2.45) is 0 Å². The first-order chi connectivity index (χ1) is 4.68. The Balaban J connectivity index is 3.31. The summed E-state index contributed by atoms with van der Waals surface area (Å²) in [6, 6.07) is 0. The molecule has 0 saturated carbocycles. The summed E-state index contributed by atoms with van der Waals surface area (Å²) in [7, 11) is 0. The van der Waals surface area contributed by atoms with Gasteiger partial charge in [0.25, 0.3) is 0 Å². The van der Waals surface area contributed by atoms with Gasteiger partial charge in [0.15, 0.2) is 0 Å². The molecule has 9 heavy (non-hydrogen) atoms. The first kappa shape index (κ1) is 6.33. The lowest BCUT2D eigenvalue weighted by Gasteiger charge is -1.99. The van der Waals surface area contributed by atoms with E-state index in [1.165, 1.54) is 0 Å². The van der Waals surface area contributed by atoms with Crippen LogP contribution in [0.3, 0.4) is 0 Å². The lowest BCUT2D eigenvalue weighted by Crippen LogP contribution is -2.04. The van der Waals surface area contributed by atoms with E-state index in [9.17, 15) is 4.79 Å². The van der Waals surface area contributed by atoms with Gasteiger partial charge in [-0.1, -0.05) is 13.5 Å². The summed E-state index contributed by atoms with van der Waals surface area (Å²) in [4.78, 5) is 10.6. The van der Waals surface area contributed by atoms with Gasteiger partial charge in [0.1, 0.15) is 0 Å². The summed E-state index contributed by atoms with van der Waals surface area (Å²) in [6.45, 7) is 5.64. The van der Waals surface area contributed by atoms with E-state index < -0.39 is 0 Å². The molecule has 52 valence electrons. The van der Waals surface area contributed by atoms with E-state index in [1.54, 1.807) is 6.92 Å². The molecular formula is C7H12O2. The molecule has 2 nitrogen and oxygen atoms in total. The molecule has 0 aliphatic heterocycles. The number of hydrogen-bond acceptors (Lipinski definition) is 2. The van der Waals surface area contributed by atoms with Crippen LogP contribution in [0.15, 0.2) is 12.2 Å². The second kappa shape index (κ2) is 4.13. The SMILES string of the molecule is [2H]CCCOC(=O)C(=C)C. The summed E-state index contributed by atoms with van der Waals surface area (Å²) in [6.07, 6.45) is 0.596. The van der Waals surface area contributed by atoms with E-state index in [1.807, 2.05) is 0 Å². The van der Waals surface area contributed by atoms with Crippen molar-refractivity contribution >= 4 is 5.97 Å². The number of carbonyl (C=O) groups excluding carboxylic acids is 1. The molecule has 0 aliphatic rings. The molecule has 0 heterocycles. The van der Waals surface area contributed by atoms with Crippen LogP contribution in [0.25, 0.3) is 0 Å². The molecule has 0 atom stereocenters. The van der Waals surface area contributed by atoms with Gasteiger partial charge in [0.05, 0.1) is 6.61 Å². The number of hydrogen-bond donors (Lipinski definition) is 0. The van der Waals surface area contributed by atoms with Crippen LogP contribution in [0, 0.1) is 0 Å². The van der Waals surface area contributed by atoms with Crippen molar-refractivity contribution in [1.29, 1.82) is 0 Å². The lowest BCUT2D eigenvalue weighted by molar-refractivity contribution is -0.138. The molecule has 0 radical (unpaired) electrons. The van der Waals surface area contributed by atoms with Gasteiger partial charge in [0, 0.05) is 6.94 Å². The molecule has 0 amide bonds. The Hall–Kier alpha value is -0.790. The Bertz CT molecular complexity index is 132. The van der Waals surface area contributed by atoms with Gasteiger partial charge in [-0.3, -0.25) is 0 Å². The molecule has 0 bridgehead atoms. The zero-order valence-corrected chi connectivity index (χ0v) is 5.64. The Labute approximate surface area is 56.9 Å². The first-order valence-electron chi connectivity index (χ1n) is 3.51. The highest BCUT2D eigenvalue weighted by atomic mass is 16.5. The third kappa shape index (κ3) is 3.76. The van der Waals surface area contributed by atoms with Gasteiger partial charge in [-0.2, -0.15) is 0 Å². The van der Waals surface area contributed by atoms with Gasteiger partial charge in [-0.05, 0) is 13.3 Å². The van der Waals surface area contributed by atoms with Crippen molar-refractivity contribution in [2.45, 2.75) is 20.2 Å². The number of carbonyl (C=O) groups is 1. The zero-order valence-electron chi connectivity index (χ0n) is 6.64. The summed E-state index contributed by atoms with van der Waals surface area (Å²) in [5.74, 6) is -0.367. The number of ether oxygens (including phenoxy) is 1. The molecule has 0 aromatic carbocycles. The Morgan fingerprint density at radius 1 is 1.89 bits per heavy atom. The monoisotopic (exact) mass is 129 g/mol. The van der Waals surface area contributed by atoms with Crippen LogP contribution in [0.4, 0.5) is 0 Å². The predicted octanol–water partition coefficient (Wildman–Crippen LogP) is 1.52. The van der Waals surface area contributed by atoms with E-state index in [4.69, 9.17) is 1.37 Å². The fourth-order valence-electron chi connectivity index (χ4n) is 0.288. The molecule has 0 aromatic heterocycles. The summed E-state index contributed by atoms with van der Waals surface area (Å²) < 4.78 is 11.4. The van der Waals surface area contributed by atoms with Crippen LogP contribution in [0.5, 0.6) is 0 Å². The van der Waals surface area contributed by atoms with Gasteiger partial charge in [-0.25, -0.2) is 4.79 Å². The highest BCUT2D eigenvalue weighted by Crippen LogP contribution is 1.91. The van der Waals surface area contributed by atoms with Crippen molar-refractivity contribution in [1.82, 2.24) is 0 Å². The standard InChI is InChI=1S/C7H12O2/c1-4-5-9-7(8)6(2)3/h2,4-5H2,1,3H3/i1D. The largest absolute Gasteiger partial charge is 0.462 e. The third-order valence-electron chi connectivity index (χ3n) is 0.726. The average Bonchev–Trinajstić information content (AvgIpc) is 1.88. The minimum Gasteiger partial charge on any atom is -0.462 e. The van der Waals surface area contributed by atoms with Crippen molar-refractivity contribution in [3.8, 4) is 0 Å². The number of rotatable bonds is 3. The van der Waals surface area contributed by atoms with Crippen LogP contribution >= 0.6 is 0 Å². The van der Waals surface area contributed by atoms with Crippen molar-refractivity contribution < 1.29 is 10.9 Å². The minimum atomic E-state index is -0.367. The Morgan fingerprint density at radius 3 is 3.00 bits per heavy atom. The Morgan fingerprint density at radius 2 is 2.56 bits per heavy atom. The zero-order chi connectivity index (χ0) is 7.98. The van der Waals surface area contributed by atoms with E-state index in [-0.39, 0.29) is 5.97 Å². The highest BCUT2D eigenvalue weighted by molar-refractivity contribution is 5.86. The van der Waals surface area contributed by atoms with Crippen molar-refractivity contribution in [2.75, 3.05) is 6.61 Å². The molecular weight excluding hydrogens is 116 g/mol. The lowest BCUT2D eigenvalue weighted by atomic mass is 10.4. The maximum atomic E-state index is 10.6. The van der Waals surface area contributed by atoms with Crippen LogP contribution in [-0.2, 0) is 9.53 Å². The van der Waals surface area contributed by atoms with Crippen LogP contribution in [0.1, 0.15) is 21.6 Å². The smallest absolute Gasteiger partial charge is 0.333 e. The first-order valence-corrected chi connectivity index (χ1v) is 2.80. The molecule has 0 rings (SSSR count). The summed E-state index contributed by atoms with van der Waals surface area (Å²) >= 11 is 0. The molecule has 0 unspecified atom stereocenters. The Kier molecular flexibility index (Phi) is 2.90. The molecule has 0 aliphatic carbocycles. The summed E-state index contributed by atoms with van der Waals surface area (Å²) in [5, 5.41) is 0. The van der Waals surface area contributed by atoms with E-state index in [0.29, 0.717) is 25.5 Å². The second-order valence-electron chi connectivity index (χ2n) is 1.77. The van der Waals surface area contributed by atoms with Gasteiger partial charge in [0.2, 0.25) is 0 Å². The van der Waals surface area contributed by atoms with Crippen LogP contribution in [0.2, 0.25) is 0 Å². The van der Waals surface area contributed by atoms with E-state index >= 15 is 0 Å². The molecule has 0 aromatic rings. The maximum absolute atomic E-state index is 10.6. The van der Waals surface area contributed by atoms with Gasteiger partial charge in [-0.15, -0.1) is 0 Å². The van der Waals surface area contributed by atoms with Crippen molar-refractivity contribution in [3.05, 3.63) is 12.2 Å². The molecule has 0 N–H and O–H groups in total. The minimum absolute atomic E-state index is 0.295.